The zero-order chi connectivity index (χ0) is 29.4. The number of nitrogens with zero attached hydrogens (tertiary/aromatic N) is 1. The van der Waals surface area contributed by atoms with E-state index < -0.39 is 36.2 Å². The minimum absolute atomic E-state index is 0.115. The molecule has 2 N–H and O–H groups in total. The molecule has 0 fully saturated rings. The first-order valence-corrected chi connectivity index (χ1v) is 13.0. The van der Waals surface area contributed by atoms with Crippen LogP contribution in [0.4, 0.5) is 19.3 Å². The van der Waals surface area contributed by atoms with E-state index >= 15 is 4.39 Å². The highest BCUT2D eigenvalue weighted by Gasteiger charge is 2.20. The molecule has 7 nitrogen and oxygen atoms in total. The molecule has 1 unspecified atom stereocenters. The van der Waals surface area contributed by atoms with E-state index in [4.69, 9.17) is 9.47 Å². The molecule has 0 bridgehead atoms. The standard InChI is InChI=1S/C31H36F2N2O5/c1-20(34-30(38)40-31(2,3)4)21-10-8-11-22(15-21)26-18-25(35(5)14-13-32)16-24(29(26)33)19-39-27-12-7-6-9-23(27)17-28(36)37/h6-12,15-16,18,20H,13-14,17,19H2,1-5H3,(H,34,38)(H,36,37). The van der Waals surface area contributed by atoms with Crippen LogP contribution in [-0.4, -0.2) is 43.0 Å². The maximum absolute atomic E-state index is 16.0. The second-order valence-corrected chi connectivity index (χ2v) is 10.5. The molecule has 0 heterocycles. The summed E-state index contributed by atoms with van der Waals surface area (Å²) in [5.41, 5.74) is 2.24. The van der Waals surface area contributed by atoms with Crippen molar-refractivity contribution in [2.24, 2.45) is 0 Å². The Labute approximate surface area is 233 Å². The number of amides is 1. The highest BCUT2D eigenvalue weighted by molar-refractivity contribution is 5.73. The van der Waals surface area contributed by atoms with E-state index in [2.05, 4.69) is 5.32 Å². The Morgan fingerprint density at radius 2 is 1.77 bits per heavy atom. The van der Waals surface area contributed by atoms with Crippen LogP contribution in [0, 0.1) is 5.82 Å². The van der Waals surface area contributed by atoms with E-state index in [0.29, 0.717) is 22.6 Å². The number of hydrogen-bond acceptors (Lipinski definition) is 5. The number of ether oxygens (including phenoxy) is 2. The van der Waals surface area contributed by atoms with Gasteiger partial charge in [0.2, 0.25) is 0 Å². The van der Waals surface area contributed by atoms with E-state index in [9.17, 15) is 19.1 Å². The van der Waals surface area contributed by atoms with Gasteiger partial charge in [-0.3, -0.25) is 4.79 Å². The smallest absolute Gasteiger partial charge is 0.408 e. The molecular formula is C31H36F2N2O5. The van der Waals surface area contributed by atoms with Crippen molar-refractivity contribution in [1.29, 1.82) is 0 Å². The molecule has 214 valence electrons. The van der Waals surface area contributed by atoms with Gasteiger partial charge in [0.05, 0.1) is 12.5 Å². The van der Waals surface area contributed by atoms with Crippen molar-refractivity contribution in [2.75, 3.05) is 25.2 Å². The number of carboxylic acid groups (broad SMARTS) is 1. The topological polar surface area (TPSA) is 88.1 Å². The molecule has 9 heteroatoms. The fourth-order valence-corrected chi connectivity index (χ4v) is 4.11. The van der Waals surface area contributed by atoms with Gasteiger partial charge >= 0.3 is 12.1 Å². The van der Waals surface area contributed by atoms with Crippen LogP contribution in [0.15, 0.2) is 60.7 Å². The highest BCUT2D eigenvalue weighted by Crippen LogP contribution is 2.33. The lowest BCUT2D eigenvalue weighted by molar-refractivity contribution is -0.136. The van der Waals surface area contributed by atoms with Crippen molar-refractivity contribution in [2.45, 2.75) is 52.4 Å². The number of para-hydroxylation sites is 1. The van der Waals surface area contributed by atoms with Gasteiger partial charge < -0.3 is 24.8 Å². The van der Waals surface area contributed by atoms with E-state index in [1.54, 1.807) is 94.2 Å². The summed E-state index contributed by atoms with van der Waals surface area (Å²) in [6, 6.07) is 16.7. The molecule has 1 atom stereocenters. The second kappa shape index (κ2) is 13.3. The third-order valence-corrected chi connectivity index (χ3v) is 6.12. The van der Waals surface area contributed by atoms with Crippen molar-refractivity contribution in [3.05, 3.63) is 83.2 Å². The Morgan fingerprint density at radius 3 is 2.45 bits per heavy atom. The summed E-state index contributed by atoms with van der Waals surface area (Å²) >= 11 is 0. The number of hydrogen-bond donors (Lipinski definition) is 2. The number of benzene rings is 3. The normalized spacial score (nSPS) is 12.0. The van der Waals surface area contributed by atoms with E-state index in [1.165, 1.54) is 0 Å². The molecular weight excluding hydrogens is 518 g/mol. The summed E-state index contributed by atoms with van der Waals surface area (Å²) in [6.45, 7) is 6.51. The minimum atomic E-state index is -1.00. The van der Waals surface area contributed by atoms with Crippen LogP contribution in [0.3, 0.4) is 0 Å². The fraction of sp³-hybridized carbons (Fsp3) is 0.355. The number of nitrogens with one attached hydrogen (secondary N) is 1. The number of alkyl halides is 1. The maximum atomic E-state index is 16.0. The molecule has 3 aromatic rings. The number of rotatable bonds is 11. The Bertz CT molecular complexity index is 1340. The van der Waals surface area contributed by atoms with Gasteiger partial charge in [0.25, 0.3) is 0 Å². The van der Waals surface area contributed by atoms with Gasteiger partial charge in [-0.2, -0.15) is 0 Å². The number of aliphatic carboxylic acids is 1. The van der Waals surface area contributed by atoms with Crippen molar-refractivity contribution >= 4 is 17.7 Å². The minimum Gasteiger partial charge on any atom is -0.488 e. The number of alkyl carbamates (subject to hydrolysis) is 1. The third-order valence-electron chi connectivity index (χ3n) is 6.12. The summed E-state index contributed by atoms with van der Waals surface area (Å²) in [5, 5.41) is 12.0. The number of carboxylic acids is 1. The molecule has 40 heavy (non-hydrogen) atoms. The average Bonchev–Trinajstić information content (AvgIpc) is 2.87. The first-order valence-electron chi connectivity index (χ1n) is 13.0. The van der Waals surface area contributed by atoms with Crippen LogP contribution in [0.2, 0.25) is 0 Å². The number of halogens is 2. The van der Waals surface area contributed by atoms with Crippen molar-refractivity contribution in [1.82, 2.24) is 5.32 Å². The van der Waals surface area contributed by atoms with Gasteiger partial charge in [-0.25, -0.2) is 13.6 Å². The van der Waals surface area contributed by atoms with Crippen molar-refractivity contribution in [3.63, 3.8) is 0 Å². The van der Waals surface area contributed by atoms with Crippen molar-refractivity contribution in [3.8, 4) is 16.9 Å². The number of anilines is 1. The SMILES string of the molecule is CC(NC(=O)OC(C)(C)C)c1cccc(-c2cc(N(C)CCF)cc(COc3ccccc3CC(=O)O)c2F)c1. The molecule has 0 aliphatic rings. The largest absolute Gasteiger partial charge is 0.488 e. The molecule has 0 saturated carbocycles. The molecule has 0 spiro atoms. The molecule has 0 aliphatic carbocycles. The van der Waals surface area contributed by atoms with E-state index in [1.807, 2.05) is 6.07 Å². The van der Waals surface area contributed by atoms with Gasteiger partial charge in [-0.05, 0) is 63.1 Å². The molecule has 0 saturated heterocycles. The molecule has 0 aromatic heterocycles. The van der Waals surface area contributed by atoms with E-state index in [0.717, 1.165) is 5.56 Å². The fourth-order valence-electron chi connectivity index (χ4n) is 4.11. The monoisotopic (exact) mass is 554 g/mol. The lowest BCUT2D eigenvalue weighted by Gasteiger charge is -2.23. The predicted octanol–water partition coefficient (Wildman–Crippen LogP) is 6.69. The average molecular weight is 555 g/mol. The summed E-state index contributed by atoms with van der Waals surface area (Å²) in [4.78, 5) is 25.2. The molecule has 3 aromatic carbocycles. The van der Waals surface area contributed by atoms with Gasteiger partial charge in [0, 0.05) is 36.0 Å². The Hall–Kier alpha value is -4.14. The van der Waals surface area contributed by atoms with Gasteiger partial charge in [-0.1, -0.05) is 36.4 Å². The molecule has 3 rings (SSSR count). The lowest BCUT2D eigenvalue weighted by Crippen LogP contribution is -2.34. The van der Waals surface area contributed by atoms with Gasteiger partial charge in [-0.15, -0.1) is 0 Å². The molecule has 0 radical (unpaired) electrons. The van der Waals surface area contributed by atoms with Gasteiger partial charge in [0.15, 0.2) is 0 Å². The highest BCUT2D eigenvalue weighted by atomic mass is 19.1. The van der Waals surface area contributed by atoms with Gasteiger partial charge in [0.1, 0.15) is 30.4 Å². The van der Waals surface area contributed by atoms with E-state index in [-0.39, 0.29) is 30.7 Å². The summed E-state index contributed by atoms with van der Waals surface area (Å²) in [5.74, 6) is -1.18. The number of carbonyl (C=O) groups excluding carboxylic acids is 1. The third kappa shape index (κ3) is 8.43. The first kappa shape index (κ1) is 30.4. The van der Waals surface area contributed by atoms with Crippen molar-refractivity contribution < 1.29 is 33.0 Å². The molecule has 0 aliphatic heterocycles. The van der Waals surface area contributed by atoms with Crippen LogP contribution in [-0.2, 0) is 22.6 Å². The second-order valence-electron chi connectivity index (χ2n) is 10.5. The summed E-state index contributed by atoms with van der Waals surface area (Å²) < 4.78 is 40.4. The Balaban J connectivity index is 1.95. The zero-order valence-electron chi connectivity index (χ0n) is 23.5. The maximum Gasteiger partial charge on any atom is 0.408 e. The Kier molecular flexibility index (Phi) is 10.1. The Morgan fingerprint density at radius 1 is 1.05 bits per heavy atom. The van der Waals surface area contributed by atoms with Crippen LogP contribution < -0.4 is 15.0 Å². The lowest BCUT2D eigenvalue weighted by atomic mass is 9.97. The quantitative estimate of drug-likeness (QED) is 0.275. The summed E-state index contributed by atoms with van der Waals surface area (Å²) in [7, 11) is 1.71. The number of carbonyl (C=O) groups is 2. The van der Waals surface area contributed by atoms with Crippen LogP contribution in [0.5, 0.6) is 5.75 Å². The van der Waals surface area contributed by atoms with Crippen LogP contribution >= 0.6 is 0 Å². The zero-order valence-corrected chi connectivity index (χ0v) is 23.5. The summed E-state index contributed by atoms with van der Waals surface area (Å²) in [6.07, 6.45) is -0.792. The van der Waals surface area contributed by atoms with Crippen LogP contribution in [0.25, 0.3) is 11.1 Å². The predicted molar refractivity (Wildman–Crippen MR) is 151 cm³/mol. The molecule has 1 amide bonds. The first-order chi connectivity index (χ1) is 18.9. The van der Waals surface area contributed by atoms with Crippen LogP contribution in [0.1, 0.15) is 50.4 Å².